The maximum atomic E-state index is 12.6. The second-order valence-electron chi connectivity index (χ2n) is 7.53. The van der Waals surface area contributed by atoms with E-state index in [1.807, 2.05) is 55.1 Å². The van der Waals surface area contributed by atoms with E-state index < -0.39 is 0 Å². The lowest BCUT2D eigenvalue weighted by molar-refractivity contribution is 0.0773. The van der Waals surface area contributed by atoms with Gasteiger partial charge in [-0.15, -0.1) is 0 Å². The van der Waals surface area contributed by atoms with Crippen LogP contribution in [0.2, 0.25) is 0 Å². The molecule has 0 aliphatic carbocycles. The van der Waals surface area contributed by atoms with E-state index >= 15 is 0 Å². The van der Waals surface area contributed by atoms with Crippen molar-refractivity contribution in [1.82, 2.24) is 9.80 Å². The third kappa shape index (κ3) is 4.75. The average molecular weight is 388 g/mol. The highest BCUT2D eigenvalue weighted by Crippen LogP contribution is 2.32. The molecule has 1 aliphatic heterocycles. The molecule has 0 unspecified atom stereocenters. The molecule has 4 heteroatoms. The quantitative estimate of drug-likeness (QED) is 0.755. The van der Waals surface area contributed by atoms with Crippen LogP contribution in [0.15, 0.2) is 54.1 Å². The van der Waals surface area contributed by atoms with Gasteiger partial charge in [-0.3, -0.25) is 4.79 Å². The Labute approximate surface area is 174 Å². The SMILES string of the molecule is CCN(CC)C(=O)c1ccc(C(=C2CCN(C)CC2)c2ccc(C#N)cc2)cc1. The number of hydrogen-bond donors (Lipinski definition) is 0. The molecule has 0 saturated carbocycles. The van der Waals surface area contributed by atoms with Crippen LogP contribution in [0.4, 0.5) is 0 Å². The van der Waals surface area contributed by atoms with E-state index in [0.717, 1.165) is 42.6 Å². The Hall–Kier alpha value is -2.90. The summed E-state index contributed by atoms with van der Waals surface area (Å²) in [5.41, 5.74) is 6.34. The smallest absolute Gasteiger partial charge is 0.253 e. The molecular formula is C25H29N3O. The molecule has 0 radical (unpaired) electrons. The molecule has 0 bridgehead atoms. The normalized spacial score (nSPS) is 14.3. The number of rotatable bonds is 5. The number of benzene rings is 2. The van der Waals surface area contributed by atoms with Crippen LogP contribution in [0.3, 0.4) is 0 Å². The van der Waals surface area contributed by atoms with Gasteiger partial charge in [0.15, 0.2) is 0 Å². The largest absolute Gasteiger partial charge is 0.339 e. The summed E-state index contributed by atoms with van der Waals surface area (Å²) in [5, 5.41) is 9.13. The molecule has 0 spiro atoms. The molecule has 3 rings (SSSR count). The molecule has 0 N–H and O–H groups in total. The van der Waals surface area contributed by atoms with E-state index in [9.17, 15) is 4.79 Å². The van der Waals surface area contributed by atoms with E-state index in [1.54, 1.807) is 0 Å². The molecule has 150 valence electrons. The summed E-state index contributed by atoms with van der Waals surface area (Å²) < 4.78 is 0. The first-order valence-electron chi connectivity index (χ1n) is 10.4. The van der Waals surface area contributed by atoms with Gasteiger partial charge in [0, 0.05) is 31.7 Å². The lowest BCUT2D eigenvalue weighted by Crippen LogP contribution is -2.30. The first-order chi connectivity index (χ1) is 14.1. The van der Waals surface area contributed by atoms with Crippen molar-refractivity contribution in [3.8, 4) is 6.07 Å². The van der Waals surface area contributed by atoms with E-state index in [1.165, 1.54) is 11.1 Å². The van der Waals surface area contributed by atoms with Gasteiger partial charge in [0.25, 0.3) is 5.91 Å². The Morgan fingerprint density at radius 3 is 1.90 bits per heavy atom. The highest BCUT2D eigenvalue weighted by molar-refractivity contribution is 5.95. The van der Waals surface area contributed by atoms with Gasteiger partial charge < -0.3 is 9.80 Å². The molecule has 4 nitrogen and oxygen atoms in total. The number of carbonyl (C=O) groups excluding carboxylic acids is 1. The summed E-state index contributed by atoms with van der Waals surface area (Å²) in [6.07, 6.45) is 2.07. The number of hydrogen-bond acceptors (Lipinski definition) is 3. The van der Waals surface area contributed by atoms with Gasteiger partial charge in [0.2, 0.25) is 0 Å². The third-order valence-electron chi connectivity index (χ3n) is 5.72. The average Bonchev–Trinajstić information content (AvgIpc) is 2.77. The molecule has 1 heterocycles. The number of likely N-dealkylation sites (tertiary alicyclic amines) is 1. The van der Waals surface area contributed by atoms with Crippen LogP contribution in [0.1, 0.15) is 53.7 Å². The zero-order chi connectivity index (χ0) is 20.8. The van der Waals surface area contributed by atoms with Gasteiger partial charge in [-0.05, 0) is 74.7 Å². The number of nitrogens with zero attached hydrogens (tertiary/aromatic N) is 3. The molecular weight excluding hydrogens is 358 g/mol. The third-order valence-corrected chi connectivity index (χ3v) is 5.72. The number of carbonyl (C=O) groups is 1. The minimum atomic E-state index is 0.0772. The fourth-order valence-electron chi connectivity index (χ4n) is 3.90. The highest BCUT2D eigenvalue weighted by atomic mass is 16.2. The monoisotopic (exact) mass is 387 g/mol. The van der Waals surface area contributed by atoms with Gasteiger partial charge in [-0.2, -0.15) is 5.26 Å². The zero-order valence-corrected chi connectivity index (χ0v) is 17.6. The van der Waals surface area contributed by atoms with Crippen molar-refractivity contribution in [3.63, 3.8) is 0 Å². The van der Waals surface area contributed by atoms with Gasteiger partial charge in [0.1, 0.15) is 0 Å². The Balaban J connectivity index is 1.99. The first-order valence-corrected chi connectivity index (χ1v) is 10.4. The second kappa shape index (κ2) is 9.54. The summed E-state index contributed by atoms with van der Waals surface area (Å²) in [5.74, 6) is 0.0772. The number of amides is 1. The molecule has 0 aromatic heterocycles. The maximum Gasteiger partial charge on any atom is 0.253 e. The standard InChI is InChI=1S/C25H29N3O/c1-4-28(5-2)25(29)23-12-10-21(11-13-23)24(22-14-16-27(3)17-15-22)20-8-6-19(18-26)7-9-20/h6-13H,4-5,14-17H2,1-3H3. The molecule has 1 amide bonds. The lowest BCUT2D eigenvalue weighted by atomic mass is 9.88. The summed E-state index contributed by atoms with van der Waals surface area (Å²) in [6, 6.07) is 18.0. The van der Waals surface area contributed by atoms with Crippen molar-refractivity contribution in [3.05, 3.63) is 76.4 Å². The maximum absolute atomic E-state index is 12.6. The van der Waals surface area contributed by atoms with E-state index in [0.29, 0.717) is 18.7 Å². The van der Waals surface area contributed by atoms with Crippen molar-refractivity contribution in [1.29, 1.82) is 5.26 Å². The molecule has 29 heavy (non-hydrogen) atoms. The Morgan fingerprint density at radius 2 is 1.41 bits per heavy atom. The van der Waals surface area contributed by atoms with E-state index in [2.05, 4.69) is 30.1 Å². The molecule has 1 saturated heterocycles. The molecule has 0 atom stereocenters. The van der Waals surface area contributed by atoms with Crippen LogP contribution in [0.25, 0.3) is 5.57 Å². The van der Waals surface area contributed by atoms with Crippen LogP contribution in [0.5, 0.6) is 0 Å². The second-order valence-corrected chi connectivity index (χ2v) is 7.53. The van der Waals surface area contributed by atoms with Crippen molar-refractivity contribution >= 4 is 11.5 Å². The van der Waals surface area contributed by atoms with Gasteiger partial charge in [0.05, 0.1) is 11.6 Å². The van der Waals surface area contributed by atoms with Gasteiger partial charge in [-0.25, -0.2) is 0 Å². The van der Waals surface area contributed by atoms with Crippen molar-refractivity contribution in [2.75, 3.05) is 33.2 Å². The zero-order valence-electron chi connectivity index (χ0n) is 17.6. The van der Waals surface area contributed by atoms with Crippen LogP contribution in [0, 0.1) is 11.3 Å². The number of piperidine rings is 1. The highest BCUT2D eigenvalue weighted by Gasteiger charge is 2.18. The number of nitriles is 1. The first kappa shape index (κ1) is 20.8. The lowest BCUT2D eigenvalue weighted by Gasteiger charge is -2.27. The molecule has 1 aliphatic rings. The summed E-state index contributed by atoms with van der Waals surface area (Å²) in [4.78, 5) is 16.8. The fraction of sp³-hybridized carbons (Fsp3) is 0.360. The van der Waals surface area contributed by atoms with E-state index in [-0.39, 0.29) is 5.91 Å². The van der Waals surface area contributed by atoms with Crippen LogP contribution in [-0.2, 0) is 0 Å². The van der Waals surface area contributed by atoms with Gasteiger partial charge >= 0.3 is 0 Å². The summed E-state index contributed by atoms with van der Waals surface area (Å²) in [7, 11) is 2.16. The fourth-order valence-corrected chi connectivity index (χ4v) is 3.90. The Bertz CT molecular complexity index is 906. The van der Waals surface area contributed by atoms with Crippen LogP contribution >= 0.6 is 0 Å². The molecule has 1 fully saturated rings. The molecule has 2 aromatic rings. The summed E-state index contributed by atoms with van der Waals surface area (Å²) in [6.45, 7) is 7.53. The molecule has 2 aromatic carbocycles. The Kier molecular flexibility index (Phi) is 6.85. The minimum Gasteiger partial charge on any atom is -0.339 e. The topological polar surface area (TPSA) is 47.3 Å². The van der Waals surface area contributed by atoms with Crippen LogP contribution < -0.4 is 0 Å². The minimum absolute atomic E-state index is 0.0772. The predicted molar refractivity (Wildman–Crippen MR) is 118 cm³/mol. The predicted octanol–water partition coefficient (Wildman–Crippen LogP) is 4.57. The van der Waals surface area contributed by atoms with Crippen molar-refractivity contribution in [2.45, 2.75) is 26.7 Å². The van der Waals surface area contributed by atoms with E-state index in [4.69, 9.17) is 5.26 Å². The Morgan fingerprint density at radius 1 is 0.931 bits per heavy atom. The van der Waals surface area contributed by atoms with Crippen molar-refractivity contribution < 1.29 is 4.79 Å². The summed E-state index contributed by atoms with van der Waals surface area (Å²) >= 11 is 0. The van der Waals surface area contributed by atoms with Crippen LogP contribution in [-0.4, -0.2) is 48.9 Å². The van der Waals surface area contributed by atoms with Gasteiger partial charge in [-0.1, -0.05) is 29.8 Å². The van der Waals surface area contributed by atoms with Crippen molar-refractivity contribution in [2.24, 2.45) is 0 Å².